The van der Waals surface area contributed by atoms with Crippen molar-refractivity contribution in [2.45, 2.75) is 6.54 Å². The molecule has 0 saturated carbocycles. The highest BCUT2D eigenvalue weighted by molar-refractivity contribution is 6.29. The van der Waals surface area contributed by atoms with Crippen LogP contribution in [0.2, 0.25) is 5.15 Å². The first-order chi connectivity index (χ1) is 13.1. The fourth-order valence-corrected chi connectivity index (χ4v) is 2.82. The molecule has 0 spiro atoms. The Morgan fingerprint density at radius 1 is 1.26 bits per heavy atom. The summed E-state index contributed by atoms with van der Waals surface area (Å²) in [6, 6.07) is 12.5. The second kappa shape index (κ2) is 7.18. The summed E-state index contributed by atoms with van der Waals surface area (Å²) in [6.07, 6.45) is 1.39. The minimum Gasteiger partial charge on any atom is -0.394 e. The van der Waals surface area contributed by atoms with E-state index < -0.39 is 0 Å². The molecule has 27 heavy (non-hydrogen) atoms. The van der Waals surface area contributed by atoms with E-state index in [4.69, 9.17) is 11.6 Å². The van der Waals surface area contributed by atoms with Gasteiger partial charge in [0, 0.05) is 12.3 Å². The molecule has 0 fully saturated rings. The van der Waals surface area contributed by atoms with Gasteiger partial charge in [-0.15, -0.1) is 0 Å². The fourth-order valence-electron chi connectivity index (χ4n) is 2.71. The Morgan fingerprint density at radius 3 is 2.85 bits per heavy atom. The monoisotopic (exact) mass is 382 g/mol. The Bertz CT molecular complexity index is 1070. The second-order valence-electron chi connectivity index (χ2n) is 5.79. The van der Waals surface area contributed by atoms with Crippen LogP contribution in [0.3, 0.4) is 0 Å². The van der Waals surface area contributed by atoms with Gasteiger partial charge < -0.3 is 15.4 Å². The van der Waals surface area contributed by atoms with Gasteiger partial charge in [0.05, 0.1) is 29.7 Å². The van der Waals surface area contributed by atoms with Crippen LogP contribution in [-0.2, 0) is 6.54 Å². The van der Waals surface area contributed by atoms with Crippen molar-refractivity contribution in [1.82, 2.24) is 24.7 Å². The summed E-state index contributed by atoms with van der Waals surface area (Å²) in [5.41, 5.74) is 2.73. The van der Waals surface area contributed by atoms with E-state index in [9.17, 15) is 9.90 Å². The fraction of sp³-hybridized carbons (Fsp3) is 0.111. The summed E-state index contributed by atoms with van der Waals surface area (Å²) < 4.78 is 1.59. The largest absolute Gasteiger partial charge is 0.394 e. The van der Waals surface area contributed by atoms with Gasteiger partial charge in [-0.25, -0.2) is 9.97 Å². The van der Waals surface area contributed by atoms with E-state index in [1.807, 2.05) is 24.3 Å². The molecule has 3 N–H and O–H groups in total. The summed E-state index contributed by atoms with van der Waals surface area (Å²) in [5.74, 6) is 0.591. The first kappa shape index (κ1) is 17.2. The number of benzene rings is 1. The lowest BCUT2D eigenvalue weighted by molar-refractivity contribution is 0.102. The maximum atomic E-state index is 12.4. The van der Waals surface area contributed by atoms with E-state index in [0.717, 1.165) is 11.0 Å². The molecule has 0 bridgehead atoms. The highest BCUT2D eigenvalue weighted by Gasteiger charge is 2.16. The number of aromatic nitrogens is 5. The lowest BCUT2D eigenvalue weighted by Crippen LogP contribution is -2.13. The van der Waals surface area contributed by atoms with E-state index in [1.54, 1.807) is 22.9 Å². The third-order valence-electron chi connectivity index (χ3n) is 3.95. The number of nitrogens with zero attached hydrogens (tertiary/aromatic N) is 4. The van der Waals surface area contributed by atoms with E-state index in [1.165, 1.54) is 6.20 Å². The predicted molar refractivity (Wildman–Crippen MR) is 102 cm³/mol. The Balaban J connectivity index is 1.65. The molecule has 1 aromatic carbocycles. The van der Waals surface area contributed by atoms with Gasteiger partial charge in [-0.1, -0.05) is 23.7 Å². The molecule has 8 nitrogen and oxygen atoms in total. The van der Waals surface area contributed by atoms with Crippen LogP contribution in [0.25, 0.3) is 22.6 Å². The lowest BCUT2D eigenvalue weighted by atomic mass is 10.2. The number of aromatic amines is 1. The molecular weight excluding hydrogens is 368 g/mol. The number of fused-ring (bicyclic) bond motifs is 1. The Kier molecular flexibility index (Phi) is 4.57. The molecule has 1 amide bonds. The van der Waals surface area contributed by atoms with Gasteiger partial charge in [0.15, 0.2) is 11.6 Å². The molecular formula is C18H15ClN6O2. The number of imidazole rings is 1. The zero-order valence-electron chi connectivity index (χ0n) is 14.1. The Labute approximate surface area is 158 Å². The van der Waals surface area contributed by atoms with Crippen LogP contribution in [-0.4, -0.2) is 42.4 Å². The molecule has 0 aliphatic rings. The van der Waals surface area contributed by atoms with Gasteiger partial charge in [-0.05, 0) is 24.3 Å². The van der Waals surface area contributed by atoms with Crippen molar-refractivity contribution < 1.29 is 9.90 Å². The van der Waals surface area contributed by atoms with Crippen LogP contribution in [0.15, 0.2) is 48.7 Å². The molecule has 136 valence electrons. The van der Waals surface area contributed by atoms with Crippen LogP contribution in [0, 0.1) is 0 Å². The van der Waals surface area contributed by atoms with Gasteiger partial charge in [0.25, 0.3) is 5.91 Å². The van der Waals surface area contributed by atoms with Crippen molar-refractivity contribution in [2.24, 2.45) is 0 Å². The number of hydrogen-bond donors (Lipinski definition) is 3. The van der Waals surface area contributed by atoms with E-state index >= 15 is 0 Å². The summed E-state index contributed by atoms with van der Waals surface area (Å²) in [6.45, 7) is 0.175. The van der Waals surface area contributed by atoms with Crippen LogP contribution >= 0.6 is 11.6 Å². The lowest BCUT2D eigenvalue weighted by Gasteiger charge is -2.02. The van der Waals surface area contributed by atoms with Crippen molar-refractivity contribution in [3.8, 4) is 11.5 Å². The van der Waals surface area contributed by atoms with E-state index in [2.05, 4.69) is 25.4 Å². The SMILES string of the molecule is O=C(Nc1cc(-c2nc3ccccc3[nH]2)n(CCO)n1)c1ccc(Cl)nc1. The highest BCUT2D eigenvalue weighted by atomic mass is 35.5. The highest BCUT2D eigenvalue weighted by Crippen LogP contribution is 2.23. The van der Waals surface area contributed by atoms with Crippen molar-refractivity contribution >= 4 is 34.4 Å². The summed E-state index contributed by atoms with van der Waals surface area (Å²) >= 11 is 5.74. The molecule has 3 aromatic heterocycles. The summed E-state index contributed by atoms with van der Waals surface area (Å²) in [7, 11) is 0. The summed E-state index contributed by atoms with van der Waals surface area (Å²) in [4.78, 5) is 24.0. The van der Waals surface area contributed by atoms with Crippen molar-refractivity contribution in [2.75, 3.05) is 11.9 Å². The number of H-pyrrole nitrogens is 1. The number of rotatable bonds is 5. The standard InChI is InChI=1S/C18H15ClN6O2/c19-15-6-5-11(10-20-15)18(27)23-16-9-14(25(24-16)7-8-26)17-21-12-3-1-2-4-13(12)22-17/h1-6,9-10,26H,7-8H2,(H,21,22)(H,23,24,27). The number of hydrogen-bond acceptors (Lipinski definition) is 5. The number of pyridine rings is 1. The van der Waals surface area contributed by atoms with Crippen LogP contribution in [0.1, 0.15) is 10.4 Å². The predicted octanol–water partition coefficient (Wildman–Crippen LogP) is 2.72. The van der Waals surface area contributed by atoms with Gasteiger partial charge in [0.2, 0.25) is 0 Å². The zero-order valence-corrected chi connectivity index (χ0v) is 14.8. The average Bonchev–Trinajstić information content (AvgIpc) is 3.26. The molecule has 3 heterocycles. The number of amides is 1. The van der Waals surface area contributed by atoms with Gasteiger partial charge in [0.1, 0.15) is 10.8 Å². The van der Waals surface area contributed by atoms with Gasteiger partial charge in [-0.2, -0.15) is 5.10 Å². The molecule has 4 rings (SSSR count). The third kappa shape index (κ3) is 3.53. The van der Waals surface area contributed by atoms with Crippen LogP contribution in [0.5, 0.6) is 0 Å². The zero-order chi connectivity index (χ0) is 18.8. The number of para-hydroxylation sites is 2. The second-order valence-corrected chi connectivity index (χ2v) is 6.18. The number of carbonyl (C=O) groups excluding carboxylic acids is 1. The van der Waals surface area contributed by atoms with Gasteiger partial charge in [-0.3, -0.25) is 9.48 Å². The minimum atomic E-state index is -0.357. The molecule has 0 saturated heterocycles. The quantitative estimate of drug-likeness (QED) is 0.460. The molecule has 0 radical (unpaired) electrons. The van der Waals surface area contributed by atoms with E-state index in [-0.39, 0.29) is 19.1 Å². The normalized spacial score (nSPS) is 11.0. The molecule has 4 aromatic rings. The molecule has 0 unspecified atom stereocenters. The number of carbonyl (C=O) groups is 1. The number of nitrogens with one attached hydrogen (secondary N) is 2. The molecule has 0 aliphatic heterocycles. The first-order valence-electron chi connectivity index (χ1n) is 8.21. The number of aliphatic hydroxyl groups is 1. The van der Waals surface area contributed by atoms with Crippen LogP contribution < -0.4 is 5.32 Å². The molecule has 0 atom stereocenters. The van der Waals surface area contributed by atoms with E-state index in [0.29, 0.717) is 28.1 Å². The average molecular weight is 383 g/mol. The maximum absolute atomic E-state index is 12.4. The number of anilines is 1. The number of halogens is 1. The Hall–Kier alpha value is -3.23. The maximum Gasteiger partial charge on any atom is 0.258 e. The molecule has 9 heteroatoms. The van der Waals surface area contributed by atoms with Gasteiger partial charge >= 0.3 is 0 Å². The van der Waals surface area contributed by atoms with Crippen LogP contribution in [0.4, 0.5) is 5.82 Å². The smallest absolute Gasteiger partial charge is 0.258 e. The third-order valence-corrected chi connectivity index (χ3v) is 4.18. The van der Waals surface area contributed by atoms with Crippen molar-refractivity contribution in [3.63, 3.8) is 0 Å². The molecule has 0 aliphatic carbocycles. The Morgan fingerprint density at radius 2 is 2.11 bits per heavy atom. The number of aliphatic hydroxyl groups excluding tert-OH is 1. The topological polar surface area (TPSA) is 109 Å². The first-order valence-corrected chi connectivity index (χ1v) is 8.58. The minimum absolute atomic E-state index is 0.0939. The van der Waals surface area contributed by atoms with Crippen molar-refractivity contribution in [3.05, 3.63) is 59.4 Å². The van der Waals surface area contributed by atoms with Crippen molar-refractivity contribution in [1.29, 1.82) is 0 Å². The summed E-state index contributed by atoms with van der Waals surface area (Å²) in [5, 5.41) is 16.7.